The molecule has 6 nitrogen and oxygen atoms in total. The van der Waals surface area contributed by atoms with E-state index in [1.165, 1.54) is 36.9 Å². The molecule has 2 aromatic carbocycles. The number of likely N-dealkylation sites (N-methyl/N-ethyl adjacent to an activating group) is 1. The van der Waals surface area contributed by atoms with Gasteiger partial charge in [0.05, 0.1) is 4.90 Å². The van der Waals surface area contributed by atoms with Crippen LogP contribution in [0.1, 0.15) is 22.8 Å². The number of benzene rings is 2. The number of hydrogen-bond acceptors (Lipinski definition) is 4. The Hall–Kier alpha value is -2.38. The highest BCUT2D eigenvalue weighted by Gasteiger charge is 2.13. The molecule has 26 heavy (non-hydrogen) atoms. The molecule has 0 saturated carbocycles. The van der Waals surface area contributed by atoms with Crippen LogP contribution in [0, 0.1) is 6.92 Å². The topological polar surface area (TPSA) is 78.5 Å². The lowest BCUT2D eigenvalue weighted by Gasteiger charge is -2.23. The van der Waals surface area contributed by atoms with Gasteiger partial charge in [-0.3, -0.25) is 4.79 Å². The lowest BCUT2D eigenvalue weighted by Crippen LogP contribution is -2.35. The van der Waals surface area contributed by atoms with Crippen LogP contribution >= 0.6 is 0 Å². The zero-order valence-electron chi connectivity index (χ0n) is 15.3. The predicted octanol–water partition coefficient (Wildman–Crippen LogP) is 2.16. The van der Waals surface area contributed by atoms with Crippen LogP contribution in [0.2, 0.25) is 0 Å². The number of nitrogens with one attached hydrogen (secondary N) is 2. The largest absolute Gasteiger partial charge is 0.370 e. The third kappa shape index (κ3) is 5.06. The molecule has 0 spiro atoms. The molecule has 0 radical (unpaired) electrons. The van der Waals surface area contributed by atoms with Crippen LogP contribution in [-0.2, 0) is 10.0 Å². The number of carbonyl (C=O) groups excluding carboxylic acids is 1. The van der Waals surface area contributed by atoms with Gasteiger partial charge >= 0.3 is 0 Å². The van der Waals surface area contributed by atoms with E-state index in [2.05, 4.69) is 47.0 Å². The maximum absolute atomic E-state index is 12.2. The van der Waals surface area contributed by atoms with E-state index in [0.29, 0.717) is 18.7 Å². The lowest BCUT2D eigenvalue weighted by molar-refractivity contribution is 0.0954. The normalized spacial score (nSPS) is 11.2. The molecule has 7 heteroatoms. The van der Waals surface area contributed by atoms with Crippen LogP contribution in [0.5, 0.6) is 0 Å². The van der Waals surface area contributed by atoms with E-state index in [1.807, 2.05) is 6.07 Å². The van der Waals surface area contributed by atoms with Gasteiger partial charge in [-0.2, -0.15) is 0 Å². The Bertz CT molecular complexity index is 849. The highest BCUT2D eigenvalue weighted by molar-refractivity contribution is 7.89. The van der Waals surface area contributed by atoms with Gasteiger partial charge in [-0.05, 0) is 62.9 Å². The highest BCUT2D eigenvalue weighted by Crippen LogP contribution is 2.15. The molecule has 0 aliphatic carbocycles. The number of carbonyl (C=O) groups is 1. The Morgan fingerprint density at radius 2 is 1.81 bits per heavy atom. The van der Waals surface area contributed by atoms with Crippen molar-refractivity contribution in [2.45, 2.75) is 18.7 Å². The van der Waals surface area contributed by atoms with Gasteiger partial charge in [-0.25, -0.2) is 13.1 Å². The van der Waals surface area contributed by atoms with Crippen LogP contribution < -0.4 is 14.9 Å². The maximum Gasteiger partial charge on any atom is 0.251 e. The van der Waals surface area contributed by atoms with Crippen molar-refractivity contribution in [3.8, 4) is 0 Å². The molecule has 2 aromatic rings. The van der Waals surface area contributed by atoms with Crippen molar-refractivity contribution in [1.82, 2.24) is 10.0 Å². The van der Waals surface area contributed by atoms with Crippen LogP contribution in [0.4, 0.5) is 5.69 Å². The summed E-state index contributed by atoms with van der Waals surface area (Å²) in [5, 5.41) is 2.87. The van der Waals surface area contributed by atoms with Crippen molar-refractivity contribution in [3.05, 3.63) is 59.7 Å². The SMILES string of the molecule is CCN(CCNC(=O)c1ccc(S(=O)(=O)NC)cc1)c1cccc(C)c1. The van der Waals surface area contributed by atoms with E-state index in [0.717, 1.165) is 12.2 Å². The summed E-state index contributed by atoms with van der Waals surface area (Å²) in [5.41, 5.74) is 2.75. The van der Waals surface area contributed by atoms with Gasteiger partial charge in [0.1, 0.15) is 0 Å². The van der Waals surface area contributed by atoms with Gasteiger partial charge in [0.15, 0.2) is 0 Å². The number of amides is 1. The van der Waals surface area contributed by atoms with Gasteiger partial charge in [0, 0.05) is 30.9 Å². The standard InChI is InChI=1S/C19H25N3O3S/c1-4-22(17-7-5-6-15(2)14-17)13-12-21-19(23)16-8-10-18(11-9-16)26(24,25)20-3/h5-11,14,20H,4,12-13H2,1-3H3,(H,21,23). The summed E-state index contributed by atoms with van der Waals surface area (Å²) >= 11 is 0. The summed E-state index contributed by atoms with van der Waals surface area (Å²) in [6.45, 7) is 6.16. The molecule has 0 bridgehead atoms. The van der Waals surface area contributed by atoms with Gasteiger partial charge in [-0.15, -0.1) is 0 Å². The first-order valence-electron chi connectivity index (χ1n) is 8.51. The number of hydrogen-bond donors (Lipinski definition) is 2. The zero-order chi connectivity index (χ0) is 19.2. The van der Waals surface area contributed by atoms with E-state index in [9.17, 15) is 13.2 Å². The number of aryl methyl sites for hydroxylation is 1. The highest BCUT2D eigenvalue weighted by atomic mass is 32.2. The second-order valence-corrected chi connectivity index (χ2v) is 7.79. The molecule has 0 saturated heterocycles. The summed E-state index contributed by atoms with van der Waals surface area (Å²) in [7, 11) is -2.14. The van der Waals surface area contributed by atoms with Crippen molar-refractivity contribution in [3.63, 3.8) is 0 Å². The Morgan fingerprint density at radius 3 is 2.38 bits per heavy atom. The molecule has 0 aliphatic heterocycles. The van der Waals surface area contributed by atoms with Crippen molar-refractivity contribution in [2.24, 2.45) is 0 Å². The first-order valence-corrected chi connectivity index (χ1v) is 9.99. The molecule has 2 rings (SSSR count). The van der Waals surface area contributed by atoms with E-state index in [4.69, 9.17) is 0 Å². The van der Waals surface area contributed by atoms with Crippen molar-refractivity contribution < 1.29 is 13.2 Å². The predicted molar refractivity (Wildman–Crippen MR) is 104 cm³/mol. The second kappa shape index (κ2) is 8.82. The van der Waals surface area contributed by atoms with Crippen LogP contribution in [-0.4, -0.2) is 41.0 Å². The van der Waals surface area contributed by atoms with Crippen LogP contribution in [0.3, 0.4) is 0 Å². The van der Waals surface area contributed by atoms with Crippen molar-refractivity contribution in [2.75, 3.05) is 31.6 Å². The van der Waals surface area contributed by atoms with Crippen molar-refractivity contribution >= 4 is 21.6 Å². The first kappa shape index (κ1) is 19.9. The fourth-order valence-corrected chi connectivity index (χ4v) is 3.33. The summed E-state index contributed by atoms with van der Waals surface area (Å²) in [6.07, 6.45) is 0. The van der Waals surface area contributed by atoms with E-state index >= 15 is 0 Å². The molecular formula is C19H25N3O3S. The summed E-state index contributed by atoms with van der Waals surface area (Å²) in [4.78, 5) is 14.6. The Labute approximate surface area is 155 Å². The van der Waals surface area contributed by atoms with E-state index in [-0.39, 0.29) is 10.8 Å². The second-order valence-electron chi connectivity index (χ2n) is 5.91. The molecule has 140 valence electrons. The molecule has 0 fully saturated rings. The van der Waals surface area contributed by atoms with E-state index in [1.54, 1.807) is 0 Å². The summed E-state index contributed by atoms with van der Waals surface area (Å²) < 4.78 is 25.7. The number of anilines is 1. The van der Waals surface area contributed by atoms with Crippen LogP contribution in [0.25, 0.3) is 0 Å². The monoisotopic (exact) mass is 375 g/mol. The lowest BCUT2D eigenvalue weighted by atomic mass is 10.2. The minimum absolute atomic E-state index is 0.133. The molecule has 0 heterocycles. The molecular weight excluding hydrogens is 350 g/mol. The minimum atomic E-state index is -3.49. The third-order valence-corrected chi connectivity index (χ3v) is 5.54. The maximum atomic E-state index is 12.2. The number of nitrogens with zero attached hydrogens (tertiary/aromatic N) is 1. The molecule has 0 aromatic heterocycles. The van der Waals surface area contributed by atoms with Gasteiger partial charge in [0.2, 0.25) is 10.0 Å². The average molecular weight is 375 g/mol. The van der Waals surface area contributed by atoms with Crippen LogP contribution in [0.15, 0.2) is 53.4 Å². The molecule has 0 unspecified atom stereocenters. The molecule has 0 aliphatic rings. The van der Waals surface area contributed by atoms with Gasteiger partial charge in [-0.1, -0.05) is 12.1 Å². The van der Waals surface area contributed by atoms with Gasteiger partial charge < -0.3 is 10.2 Å². The molecule has 1 amide bonds. The average Bonchev–Trinajstić information content (AvgIpc) is 2.65. The fourth-order valence-electron chi connectivity index (χ4n) is 2.60. The van der Waals surface area contributed by atoms with Gasteiger partial charge in [0.25, 0.3) is 5.91 Å². The number of rotatable bonds is 8. The molecule has 2 N–H and O–H groups in total. The van der Waals surface area contributed by atoms with Crippen molar-refractivity contribution in [1.29, 1.82) is 0 Å². The summed E-state index contributed by atoms with van der Waals surface area (Å²) in [5.74, 6) is -0.223. The minimum Gasteiger partial charge on any atom is -0.370 e. The summed E-state index contributed by atoms with van der Waals surface area (Å²) in [6, 6.07) is 14.1. The fraction of sp³-hybridized carbons (Fsp3) is 0.316. The smallest absolute Gasteiger partial charge is 0.251 e. The Kier molecular flexibility index (Phi) is 6.76. The Balaban J connectivity index is 1.94. The third-order valence-electron chi connectivity index (χ3n) is 4.11. The molecule has 0 atom stereocenters. The number of sulfonamides is 1. The zero-order valence-corrected chi connectivity index (χ0v) is 16.1. The Morgan fingerprint density at radius 1 is 1.12 bits per heavy atom. The quantitative estimate of drug-likeness (QED) is 0.741. The first-order chi connectivity index (χ1) is 12.4. The van der Waals surface area contributed by atoms with E-state index < -0.39 is 10.0 Å².